The average molecular weight is 263 g/mol. The number of rotatable bonds is 3. The molecule has 18 heavy (non-hydrogen) atoms. The normalized spacial score (nSPS) is 24.3. The molecule has 0 radical (unpaired) electrons. The Labute approximate surface area is 110 Å². The van der Waals surface area contributed by atoms with Gasteiger partial charge in [-0.1, -0.05) is 18.0 Å². The highest BCUT2D eigenvalue weighted by atomic mass is 32.1. The fourth-order valence-electron chi connectivity index (χ4n) is 2.67. The maximum atomic E-state index is 5.46. The van der Waals surface area contributed by atoms with Crippen LogP contribution in [-0.4, -0.2) is 23.2 Å². The minimum Gasteiger partial charge on any atom is -0.339 e. The molecule has 2 aromatic heterocycles. The van der Waals surface area contributed by atoms with Crippen molar-refractivity contribution in [1.82, 2.24) is 15.5 Å². The molecular formula is C13H17N3OS. The molecule has 5 heteroatoms. The summed E-state index contributed by atoms with van der Waals surface area (Å²) in [5.74, 6) is 1.87. The Morgan fingerprint density at radius 1 is 1.39 bits per heavy atom. The van der Waals surface area contributed by atoms with Crippen LogP contribution in [0.4, 0.5) is 0 Å². The van der Waals surface area contributed by atoms with Crippen molar-refractivity contribution in [3.8, 4) is 11.4 Å². The van der Waals surface area contributed by atoms with E-state index < -0.39 is 0 Å². The molecule has 1 aliphatic rings. The van der Waals surface area contributed by atoms with Crippen LogP contribution in [0.1, 0.15) is 37.5 Å². The zero-order valence-corrected chi connectivity index (χ0v) is 11.2. The van der Waals surface area contributed by atoms with Gasteiger partial charge in [0.1, 0.15) is 0 Å². The van der Waals surface area contributed by atoms with Gasteiger partial charge in [-0.3, -0.25) is 0 Å². The number of thiophene rings is 1. The Morgan fingerprint density at radius 3 is 3.06 bits per heavy atom. The first-order chi connectivity index (χ1) is 8.88. The highest BCUT2D eigenvalue weighted by molar-refractivity contribution is 7.08. The smallest absolute Gasteiger partial charge is 0.231 e. The second kappa shape index (κ2) is 5.20. The van der Waals surface area contributed by atoms with E-state index in [0.717, 1.165) is 17.9 Å². The van der Waals surface area contributed by atoms with E-state index in [1.54, 1.807) is 11.3 Å². The van der Waals surface area contributed by atoms with Gasteiger partial charge in [-0.25, -0.2) is 0 Å². The zero-order valence-electron chi connectivity index (χ0n) is 10.4. The van der Waals surface area contributed by atoms with Gasteiger partial charge in [0, 0.05) is 17.0 Å². The molecule has 1 aliphatic carbocycles. The maximum absolute atomic E-state index is 5.46. The van der Waals surface area contributed by atoms with Crippen molar-refractivity contribution in [2.24, 2.45) is 0 Å². The van der Waals surface area contributed by atoms with Gasteiger partial charge in [0.15, 0.2) is 0 Å². The van der Waals surface area contributed by atoms with E-state index >= 15 is 0 Å². The second-order valence-electron chi connectivity index (χ2n) is 4.75. The molecule has 2 atom stereocenters. The summed E-state index contributed by atoms with van der Waals surface area (Å²) in [6, 6.07) is 2.49. The standard InChI is InChI=1S/C13H17N3OS/c1-14-11-5-3-2-4-10(11)13-15-12(16-17-13)9-6-7-18-8-9/h6-8,10-11,14H,2-5H2,1H3. The van der Waals surface area contributed by atoms with E-state index in [-0.39, 0.29) is 0 Å². The molecule has 2 unspecified atom stereocenters. The largest absolute Gasteiger partial charge is 0.339 e. The van der Waals surface area contributed by atoms with Gasteiger partial charge in [0.25, 0.3) is 0 Å². The first-order valence-electron chi connectivity index (χ1n) is 6.42. The van der Waals surface area contributed by atoms with Crippen LogP contribution >= 0.6 is 11.3 Å². The van der Waals surface area contributed by atoms with Crippen LogP contribution in [0.2, 0.25) is 0 Å². The maximum Gasteiger partial charge on any atom is 0.231 e. The molecule has 2 heterocycles. The van der Waals surface area contributed by atoms with E-state index in [4.69, 9.17) is 4.52 Å². The van der Waals surface area contributed by atoms with E-state index in [0.29, 0.717) is 17.8 Å². The van der Waals surface area contributed by atoms with Gasteiger partial charge in [0.2, 0.25) is 11.7 Å². The fraction of sp³-hybridized carbons (Fsp3) is 0.538. The molecule has 1 N–H and O–H groups in total. The van der Waals surface area contributed by atoms with Gasteiger partial charge >= 0.3 is 0 Å². The summed E-state index contributed by atoms with van der Waals surface area (Å²) in [6.45, 7) is 0. The molecule has 4 nitrogen and oxygen atoms in total. The van der Waals surface area contributed by atoms with Crippen molar-refractivity contribution < 1.29 is 4.52 Å². The Kier molecular flexibility index (Phi) is 3.43. The van der Waals surface area contributed by atoms with Crippen LogP contribution in [0.25, 0.3) is 11.4 Å². The first kappa shape index (κ1) is 11.9. The highest BCUT2D eigenvalue weighted by Gasteiger charge is 2.29. The van der Waals surface area contributed by atoms with Crippen molar-refractivity contribution in [1.29, 1.82) is 0 Å². The summed E-state index contributed by atoms with van der Waals surface area (Å²) < 4.78 is 5.46. The van der Waals surface area contributed by atoms with E-state index in [1.165, 1.54) is 19.3 Å². The zero-order chi connectivity index (χ0) is 12.4. The van der Waals surface area contributed by atoms with Gasteiger partial charge < -0.3 is 9.84 Å². The Balaban J connectivity index is 1.84. The van der Waals surface area contributed by atoms with Crippen molar-refractivity contribution in [3.63, 3.8) is 0 Å². The number of hydrogen-bond donors (Lipinski definition) is 1. The van der Waals surface area contributed by atoms with E-state index in [2.05, 4.69) is 15.5 Å². The number of hydrogen-bond acceptors (Lipinski definition) is 5. The molecular weight excluding hydrogens is 246 g/mol. The summed E-state index contributed by atoms with van der Waals surface area (Å²) in [6.07, 6.45) is 4.86. The van der Waals surface area contributed by atoms with Crippen molar-refractivity contribution in [3.05, 3.63) is 22.7 Å². The molecule has 96 valence electrons. The third kappa shape index (κ3) is 2.20. The van der Waals surface area contributed by atoms with Crippen LogP contribution in [-0.2, 0) is 0 Å². The number of likely N-dealkylation sites (N-methyl/N-ethyl adjacent to an activating group) is 1. The van der Waals surface area contributed by atoms with Crippen molar-refractivity contribution in [2.45, 2.75) is 37.6 Å². The Hall–Kier alpha value is -1.20. The molecule has 0 aliphatic heterocycles. The lowest BCUT2D eigenvalue weighted by Crippen LogP contribution is -2.34. The summed E-state index contributed by atoms with van der Waals surface area (Å²) in [5.41, 5.74) is 1.05. The fourth-order valence-corrected chi connectivity index (χ4v) is 3.30. The second-order valence-corrected chi connectivity index (χ2v) is 5.53. The van der Waals surface area contributed by atoms with Crippen LogP contribution in [0.15, 0.2) is 21.3 Å². The van der Waals surface area contributed by atoms with Gasteiger partial charge in [0.05, 0.1) is 5.92 Å². The van der Waals surface area contributed by atoms with E-state index in [1.807, 2.05) is 23.9 Å². The Bertz CT molecular complexity index is 494. The lowest BCUT2D eigenvalue weighted by molar-refractivity contribution is 0.270. The molecule has 0 bridgehead atoms. The highest BCUT2D eigenvalue weighted by Crippen LogP contribution is 2.33. The van der Waals surface area contributed by atoms with Crippen LogP contribution in [0, 0.1) is 0 Å². The Morgan fingerprint density at radius 2 is 2.28 bits per heavy atom. The third-order valence-corrected chi connectivity index (χ3v) is 4.36. The summed E-state index contributed by atoms with van der Waals surface area (Å²) in [5, 5.41) is 11.5. The minimum absolute atomic E-state index is 0.364. The monoisotopic (exact) mass is 263 g/mol. The lowest BCUT2D eigenvalue weighted by atomic mass is 9.84. The average Bonchev–Trinajstić information content (AvgIpc) is 3.09. The molecule has 3 rings (SSSR count). The predicted octanol–water partition coefficient (Wildman–Crippen LogP) is 3.04. The molecule has 0 spiro atoms. The third-order valence-electron chi connectivity index (χ3n) is 3.68. The van der Waals surface area contributed by atoms with Crippen LogP contribution in [0.5, 0.6) is 0 Å². The number of nitrogens with one attached hydrogen (secondary N) is 1. The van der Waals surface area contributed by atoms with Crippen molar-refractivity contribution in [2.75, 3.05) is 7.05 Å². The molecule has 1 saturated carbocycles. The summed E-state index contributed by atoms with van der Waals surface area (Å²) in [7, 11) is 2.01. The van der Waals surface area contributed by atoms with Crippen molar-refractivity contribution >= 4 is 11.3 Å². The SMILES string of the molecule is CNC1CCCCC1c1nc(-c2ccsc2)no1. The summed E-state index contributed by atoms with van der Waals surface area (Å²) in [4.78, 5) is 4.56. The van der Waals surface area contributed by atoms with E-state index in [9.17, 15) is 0 Å². The molecule has 1 fully saturated rings. The molecule has 0 aromatic carbocycles. The summed E-state index contributed by atoms with van der Waals surface area (Å²) >= 11 is 1.65. The number of nitrogens with zero attached hydrogens (tertiary/aromatic N) is 2. The van der Waals surface area contributed by atoms with Gasteiger partial charge in [-0.2, -0.15) is 16.3 Å². The first-order valence-corrected chi connectivity index (χ1v) is 7.36. The molecule has 0 amide bonds. The minimum atomic E-state index is 0.364. The number of aromatic nitrogens is 2. The predicted molar refractivity (Wildman–Crippen MR) is 71.7 cm³/mol. The van der Waals surface area contributed by atoms with Crippen LogP contribution in [0.3, 0.4) is 0 Å². The molecule has 2 aromatic rings. The van der Waals surface area contributed by atoms with Gasteiger partial charge in [-0.15, -0.1) is 0 Å². The quantitative estimate of drug-likeness (QED) is 0.924. The van der Waals surface area contributed by atoms with Gasteiger partial charge in [-0.05, 0) is 31.3 Å². The lowest BCUT2D eigenvalue weighted by Gasteiger charge is -2.28. The topological polar surface area (TPSA) is 51.0 Å². The van der Waals surface area contributed by atoms with Crippen LogP contribution < -0.4 is 5.32 Å². The molecule has 0 saturated heterocycles.